The largest absolute Gasteiger partial charge is 0.472 e. The van der Waals surface area contributed by atoms with Crippen LogP contribution in [0.3, 0.4) is 0 Å². The number of nitrogens with one attached hydrogen (secondary N) is 1. The molecule has 1 aliphatic carbocycles. The molecule has 4 rings (SSSR count). The van der Waals surface area contributed by atoms with Crippen LogP contribution in [-0.4, -0.2) is 41.9 Å². The van der Waals surface area contributed by atoms with Gasteiger partial charge in [0.25, 0.3) is 0 Å². The Bertz CT molecular complexity index is 738. The SMILES string of the molecule is O=C(NC[C@H](c1ccoc1)N1CCSCC1)C1(c2ccc(F)cc2)CC1. The molecular formula is C20H23FN2O2S. The summed E-state index contributed by atoms with van der Waals surface area (Å²) in [6, 6.07) is 8.44. The van der Waals surface area contributed by atoms with E-state index in [2.05, 4.69) is 10.2 Å². The van der Waals surface area contributed by atoms with Crippen LogP contribution < -0.4 is 5.32 Å². The van der Waals surface area contributed by atoms with E-state index in [0.717, 1.165) is 48.6 Å². The highest BCUT2D eigenvalue weighted by atomic mass is 32.2. The molecule has 1 saturated heterocycles. The highest BCUT2D eigenvalue weighted by molar-refractivity contribution is 7.99. The van der Waals surface area contributed by atoms with Gasteiger partial charge in [-0.2, -0.15) is 11.8 Å². The average molecular weight is 374 g/mol. The molecule has 1 aromatic carbocycles. The van der Waals surface area contributed by atoms with Crippen LogP contribution in [0, 0.1) is 5.82 Å². The number of furan rings is 1. The number of hydrogen-bond donors (Lipinski definition) is 1. The van der Waals surface area contributed by atoms with Gasteiger partial charge in [0.05, 0.1) is 24.0 Å². The van der Waals surface area contributed by atoms with Gasteiger partial charge in [-0.25, -0.2) is 4.39 Å². The lowest BCUT2D eigenvalue weighted by Gasteiger charge is -2.34. The minimum Gasteiger partial charge on any atom is -0.472 e. The van der Waals surface area contributed by atoms with Crippen LogP contribution in [0.5, 0.6) is 0 Å². The van der Waals surface area contributed by atoms with Crippen molar-refractivity contribution in [3.05, 3.63) is 59.8 Å². The van der Waals surface area contributed by atoms with Crippen molar-refractivity contribution >= 4 is 17.7 Å². The number of hydrogen-bond acceptors (Lipinski definition) is 4. The predicted molar refractivity (Wildman–Crippen MR) is 101 cm³/mol. The molecule has 0 radical (unpaired) electrons. The third kappa shape index (κ3) is 3.53. The molecule has 2 fully saturated rings. The van der Waals surface area contributed by atoms with E-state index in [9.17, 15) is 9.18 Å². The first-order chi connectivity index (χ1) is 12.7. The minimum absolute atomic E-state index is 0.0454. The maximum absolute atomic E-state index is 13.2. The zero-order valence-corrected chi connectivity index (χ0v) is 15.4. The summed E-state index contributed by atoms with van der Waals surface area (Å²) < 4.78 is 18.5. The average Bonchev–Trinajstić information content (AvgIpc) is 3.31. The third-order valence-corrected chi connectivity index (χ3v) is 6.39. The fourth-order valence-corrected chi connectivity index (χ4v) is 4.64. The number of halogens is 1. The molecule has 26 heavy (non-hydrogen) atoms. The van der Waals surface area contributed by atoms with Crippen molar-refractivity contribution in [3.8, 4) is 0 Å². The van der Waals surface area contributed by atoms with Gasteiger partial charge in [0.2, 0.25) is 5.91 Å². The van der Waals surface area contributed by atoms with Gasteiger partial charge in [0.1, 0.15) is 5.82 Å². The van der Waals surface area contributed by atoms with Crippen LogP contribution >= 0.6 is 11.8 Å². The summed E-state index contributed by atoms with van der Waals surface area (Å²) in [6.07, 6.45) is 5.09. The fraction of sp³-hybridized carbons (Fsp3) is 0.450. The molecule has 1 N–H and O–H groups in total. The second-order valence-electron chi connectivity index (χ2n) is 7.02. The highest BCUT2D eigenvalue weighted by Crippen LogP contribution is 2.48. The van der Waals surface area contributed by atoms with Crippen molar-refractivity contribution in [1.29, 1.82) is 0 Å². The van der Waals surface area contributed by atoms with Gasteiger partial charge < -0.3 is 9.73 Å². The third-order valence-electron chi connectivity index (χ3n) is 5.45. The molecule has 1 amide bonds. The van der Waals surface area contributed by atoms with E-state index in [0.29, 0.717) is 6.54 Å². The van der Waals surface area contributed by atoms with E-state index in [1.807, 2.05) is 17.8 Å². The molecule has 0 unspecified atom stereocenters. The van der Waals surface area contributed by atoms with Crippen molar-refractivity contribution in [1.82, 2.24) is 10.2 Å². The Balaban J connectivity index is 1.45. The number of benzene rings is 1. The van der Waals surface area contributed by atoms with Gasteiger partial charge in [-0.1, -0.05) is 12.1 Å². The molecule has 6 heteroatoms. The number of amides is 1. The molecule has 138 valence electrons. The summed E-state index contributed by atoms with van der Waals surface area (Å²) in [4.78, 5) is 15.3. The van der Waals surface area contributed by atoms with E-state index >= 15 is 0 Å². The molecule has 2 aromatic rings. The molecule has 0 bridgehead atoms. The van der Waals surface area contributed by atoms with Gasteiger partial charge in [-0.15, -0.1) is 0 Å². The van der Waals surface area contributed by atoms with Crippen LogP contribution in [-0.2, 0) is 10.2 Å². The van der Waals surface area contributed by atoms with Gasteiger partial charge in [-0.3, -0.25) is 9.69 Å². The van der Waals surface area contributed by atoms with Gasteiger partial charge in [0.15, 0.2) is 0 Å². The zero-order valence-electron chi connectivity index (χ0n) is 14.6. The molecule has 2 aliphatic rings. The number of carbonyl (C=O) groups is 1. The maximum atomic E-state index is 13.2. The normalized spacial score (nSPS) is 20.5. The Labute approximate surface area is 157 Å². The van der Waals surface area contributed by atoms with Crippen LogP contribution in [0.15, 0.2) is 47.3 Å². The van der Waals surface area contributed by atoms with Crippen molar-refractivity contribution in [2.75, 3.05) is 31.1 Å². The summed E-state index contributed by atoms with van der Waals surface area (Å²) in [6.45, 7) is 2.59. The number of rotatable bonds is 6. The molecule has 4 nitrogen and oxygen atoms in total. The van der Waals surface area contributed by atoms with Crippen LogP contribution in [0.2, 0.25) is 0 Å². The first-order valence-electron chi connectivity index (χ1n) is 9.07. The van der Waals surface area contributed by atoms with Crippen molar-refractivity contribution in [2.24, 2.45) is 0 Å². The van der Waals surface area contributed by atoms with Crippen LogP contribution in [0.4, 0.5) is 4.39 Å². The van der Waals surface area contributed by atoms with Gasteiger partial charge in [0, 0.05) is 36.7 Å². The second-order valence-corrected chi connectivity index (χ2v) is 8.24. The Hall–Kier alpha value is -1.79. The first-order valence-corrected chi connectivity index (χ1v) is 10.2. The lowest BCUT2D eigenvalue weighted by Crippen LogP contribution is -2.44. The molecule has 1 atom stereocenters. The Morgan fingerprint density at radius 2 is 1.96 bits per heavy atom. The van der Waals surface area contributed by atoms with E-state index in [1.165, 1.54) is 12.1 Å². The summed E-state index contributed by atoms with van der Waals surface area (Å²) >= 11 is 1.97. The van der Waals surface area contributed by atoms with Gasteiger partial charge in [-0.05, 0) is 36.6 Å². The summed E-state index contributed by atoms with van der Waals surface area (Å²) in [5.74, 6) is 2.00. The quantitative estimate of drug-likeness (QED) is 0.842. The second kappa shape index (κ2) is 7.45. The van der Waals surface area contributed by atoms with E-state index in [-0.39, 0.29) is 17.8 Å². The Morgan fingerprint density at radius 3 is 2.58 bits per heavy atom. The predicted octanol–water partition coefficient (Wildman–Crippen LogP) is 3.36. The smallest absolute Gasteiger partial charge is 0.230 e. The van der Waals surface area contributed by atoms with E-state index in [4.69, 9.17) is 4.42 Å². The molecule has 1 saturated carbocycles. The Kier molecular flexibility index (Phi) is 5.05. The topological polar surface area (TPSA) is 45.5 Å². The lowest BCUT2D eigenvalue weighted by molar-refractivity contribution is -0.123. The van der Waals surface area contributed by atoms with E-state index in [1.54, 1.807) is 24.7 Å². The summed E-state index contributed by atoms with van der Waals surface area (Å²) in [7, 11) is 0. The zero-order chi connectivity index (χ0) is 18.0. The lowest BCUT2D eigenvalue weighted by atomic mass is 9.94. The molecule has 1 aromatic heterocycles. The maximum Gasteiger partial charge on any atom is 0.230 e. The van der Waals surface area contributed by atoms with Crippen molar-refractivity contribution in [3.63, 3.8) is 0 Å². The monoisotopic (exact) mass is 374 g/mol. The van der Waals surface area contributed by atoms with Gasteiger partial charge >= 0.3 is 0 Å². The first kappa shape index (κ1) is 17.6. The molecule has 1 aliphatic heterocycles. The highest BCUT2D eigenvalue weighted by Gasteiger charge is 2.51. The number of nitrogens with zero attached hydrogens (tertiary/aromatic N) is 1. The Morgan fingerprint density at radius 1 is 1.23 bits per heavy atom. The number of carbonyl (C=O) groups excluding carboxylic acids is 1. The fourth-order valence-electron chi connectivity index (χ4n) is 3.71. The van der Waals surface area contributed by atoms with Crippen molar-refractivity contribution < 1.29 is 13.6 Å². The minimum atomic E-state index is -0.480. The standard InChI is InChI=1S/C20H23FN2O2S/c21-17-3-1-16(2-4-17)20(6-7-20)19(24)22-13-18(15-5-10-25-14-15)23-8-11-26-12-9-23/h1-5,10,14,18H,6-9,11-13H2,(H,22,24)/t18-/m1/s1. The van der Waals surface area contributed by atoms with E-state index < -0.39 is 5.41 Å². The van der Waals surface area contributed by atoms with Crippen LogP contribution in [0.25, 0.3) is 0 Å². The molecule has 0 spiro atoms. The summed E-state index contributed by atoms with van der Waals surface area (Å²) in [5.41, 5.74) is 1.53. The molecular weight excluding hydrogens is 351 g/mol. The van der Waals surface area contributed by atoms with Crippen LogP contribution in [0.1, 0.15) is 30.0 Å². The molecule has 2 heterocycles. The number of thioether (sulfide) groups is 1. The summed E-state index contributed by atoms with van der Waals surface area (Å²) in [5, 5.41) is 3.16. The van der Waals surface area contributed by atoms with Crippen molar-refractivity contribution in [2.45, 2.75) is 24.3 Å².